The maximum absolute atomic E-state index is 11.8. The maximum atomic E-state index is 11.8. The number of para-hydroxylation sites is 1. The predicted molar refractivity (Wildman–Crippen MR) is 76.2 cm³/mol. The molecule has 1 aromatic carbocycles. The van der Waals surface area contributed by atoms with Crippen LogP contribution in [0, 0.1) is 0 Å². The highest BCUT2D eigenvalue weighted by atomic mass is 16.2. The normalized spacial score (nSPS) is 13.0. The molecule has 0 saturated carbocycles. The second kappa shape index (κ2) is 5.42. The van der Waals surface area contributed by atoms with E-state index in [0.717, 1.165) is 5.69 Å². The number of carbonyl (C=O) groups excluding carboxylic acids is 1. The zero-order valence-corrected chi connectivity index (χ0v) is 11.9. The maximum Gasteiger partial charge on any atom is 0.240 e. The highest BCUT2D eigenvalue weighted by Gasteiger charge is 2.24. The lowest BCUT2D eigenvalue weighted by Gasteiger charge is -2.20. The van der Waals surface area contributed by atoms with Gasteiger partial charge in [-0.05, 0) is 32.9 Å². The van der Waals surface area contributed by atoms with Crippen molar-refractivity contribution in [1.82, 2.24) is 20.3 Å². The van der Waals surface area contributed by atoms with Crippen molar-refractivity contribution in [3.05, 3.63) is 42.2 Å². The summed E-state index contributed by atoms with van der Waals surface area (Å²) in [6.45, 7) is 5.18. The van der Waals surface area contributed by atoms with Gasteiger partial charge in [0, 0.05) is 0 Å². The van der Waals surface area contributed by atoms with E-state index < -0.39 is 5.54 Å². The van der Waals surface area contributed by atoms with Crippen LogP contribution in [0.1, 0.15) is 32.5 Å². The summed E-state index contributed by atoms with van der Waals surface area (Å²) in [6, 6.07) is 9.42. The van der Waals surface area contributed by atoms with Gasteiger partial charge in [0.1, 0.15) is 5.69 Å². The average Bonchev–Trinajstić information content (AvgIpc) is 2.88. The van der Waals surface area contributed by atoms with Crippen molar-refractivity contribution < 1.29 is 4.79 Å². The molecule has 2 rings (SSSR count). The van der Waals surface area contributed by atoms with Gasteiger partial charge in [0.2, 0.25) is 5.91 Å². The molecule has 1 unspecified atom stereocenters. The van der Waals surface area contributed by atoms with Crippen molar-refractivity contribution in [2.24, 2.45) is 5.73 Å². The Morgan fingerprint density at radius 1 is 1.35 bits per heavy atom. The van der Waals surface area contributed by atoms with Gasteiger partial charge in [-0.2, -0.15) is 0 Å². The van der Waals surface area contributed by atoms with E-state index in [1.165, 1.54) is 0 Å². The third kappa shape index (κ3) is 3.21. The molecule has 1 heterocycles. The Morgan fingerprint density at radius 3 is 2.60 bits per heavy atom. The molecule has 6 nitrogen and oxygen atoms in total. The highest BCUT2D eigenvalue weighted by molar-refractivity contribution is 5.85. The zero-order valence-electron chi connectivity index (χ0n) is 11.9. The topological polar surface area (TPSA) is 85.8 Å². The summed E-state index contributed by atoms with van der Waals surface area (Å²) in [4.78, 5) is 11.8. The molecule has 1 atom stereocenters. The number of hydrogen-bond donors (Lipinski definition) is 2. The summed E-state index contributed by atoms with van der Waals surface area (Å²) < 4.78 is 1.67. The van der Waals surface area contributed by atoms with Crippen LogP contribution in [-0.2, 0) is 4.79 Å². The van der Waals surface area contributed by atoms with E-state index in [9.17, 15) is 4.79 Å². The molecule has 0 fully saturated rings. The lowest BCUT2D eigenvalue weighted by atomic mass is 10.1. The van der Waals surface area contributed by atoms with Gasteiger partial charge < -0.3 is 11.1 Å². The molecule has 6 heteroatoms. The summed E-state index contributed by atoms with van der Waals surface area (Å²) in [5.41, 5.74) is 6.44. The number of benzene rings is 1. The van der Waals surface area contributed by atoms with E-state index in [4.69, 9.17) is 5.73 Å². The number of nitrogens with two attached hydrogens (primary N) is 1. The molecule has 20 heavy (non-hydrogen) atoms. The first kappa shape index (κ1) is 14.2. The number of hydrogen-bond acceptors (Lipinski definition) is 4. The fourth-order valence-electron chi connectivity index (χ4n) is 1.64. The van der Waals surface area contributed by atoms with Crippen molar-refractivity contribution in [3.63, 3.8) is 0 Å². The van der Waals surface area contributed by atoms with Gasteiger partial charge in [-0.15, -0.1) is 5.10 Å². The molecule has 0 spiro atoms. The Labute approximate surface area is 118 Å². The van der Waals surface area contributed by atoms with Crippen molar-refractivity contribution in [1.29, 1.82) is 0 Å². The number of nitrogens with one attached hydrogen (secondary N) is 1. The van der Waals surface area contributed by atoms with E-state index in [-0.39, 0.29) is 11.9 Å². The summed E-state index contributed by atoms with van der Waals surface area (Å²) in [6.07, 6.45) is 1.80. The number of nitrogens with zero attached hydrogens (tertiary/aromatic N) is 3. The lowest BCUT2D eigenvalue weighted by Crippen LogP contribution is -2.49. The monoisotopic (exact) mass is 273 g/mol. The van der Waals surface area contributed by atoms with Gasteiger partial charge in [-0.25, -0.2) is 4.68 Å². The minimum atomic E-state index is -0.913. The number of rotatable bonds is 4. The molecule has 0 bridgehead atoms. The van der Waals surface area contributed by atoms with Gasteiger partial charge in [-0.1, -0.05) is 23.4 Å². The Kier molecular flexibility index (Phi) is 3.85. The minimum absolute atomic E-state index is 0.223. The predicted octanol–water partition coefficient (Wildman–Crippen LogP) is 1.18. The smallest absolute Gasteiger partial charge is 0.240 e. The van der Waals surface area contributed by atoms with Crippen LogP contribution in [0.25, 0.3) is 5.69 Å². The third-order valence-electron chi connectivity index (χ3n) is 2.91. The molecule has 2 aromatic rings. The molecule has 106 valence electrons. The van der Waals surface area contributed by atoms with Crippen LogP contribution in [0.5, 0.6) is 0 Å². The third-order valence-corrected chi connectivity index (χ3v) is 2.91. The Hall–Kier alpha value is -2.21. The van der Waals surface area contributed by atoms with E-state index >= 15 is 0 Å². The first-order chi connectivity index (χ1) is 9.38. The van der Waals surface area contributed by atoms with Crippen LogP contribution in [0.3, 0.4) is 0 Å². The lowest BCUT2D eigenvalue weighted by molar-refractivity contribution is -0.125. The van der Waals surface area contributed by atoms with Crippen LogP contribution in [0.4, 0.5) is 0 Å². The molecule has 1 amide bonds. The molecular weight excluding hydrogens is 254 g/mol. The van der Waals surface area contributed by atoms with Crippen molar-refractivity contribution in [2.75, 3.05) is 0 Å². The van der Waals surface area contributed by atoms with E-state index in [1.807, 2.05) is 37.3 Å². The standard InChI is InChI=1S/C14H19N5O/c1-10(16-13(20)14(2,3)15)12-9-19(18-17-12)11-7-5-4-6-8-11/h4-10H,15H2,1-3H3,(H,16,20). The van der Waals surface area contributed by atoms with Gasteiger partial charge in [0.05, 0.1) is 23.5 Å². The molecule has 0 aliphatic heterocycles. The second-order valence-corrected chi connectivity index (χ2v) is 5.34. The number of carbonyl (C=O) groups is 1. The van der Waals surface area contributed by atoms with Crippen LogP contribution in [-0.4, -0.2) is 26.4 Å². The largest absolute Gasteiger partial charge is 0.346 e. The fourth-order valence-corrected chi connectivity index (χ4v) is 1.64. The fraction of sp³-hybridized carbons (Fsp3) is 0.357. The summed E-state index contributed by atoms with van der Waals surface area (Å²) in [5, 5.41) is 11.0. The van der Waals surface area contributed by atoms with Crippen LogP contribution < -0.4 is 11.1 Å². The second-order valence-electron chi connectivity index (χ2n) is 5.34. The molecule has 1 aromatic heterocycles. The van der Waals surface area contributed by atoms with E-state index in [2.05, 4.69) is 15.6 Å². The number of aromatic nitrogens is 3. The summed E-state index contributed by atoms with van der Waals surface area (Å²) >= 11 is 0. The van der Waals surface area contributed by atoms with Crippen molar-refractivity contribution >= 4 is 5.91 Å². The van der Waals surface area contributed by atoms with Crippen molar-refractivity contribution in [3.8, 4) is 5.69 Å². The quantitative estimate of drug-likeness (QED) is 0.876. The Morgan fingerprint density at radius 2 is 2.00 bits per heavy atom. The molecular formula is C14H19N5O. The summed E-state index contributed by atoms with van der Waals surface area (Å²) in [7, 11) is 0. The molecule has 3 N–H and O–H groups in total. The van der Waals surface area contributed by atoms with E-state index in [1.54, 1.807) is 24.7 Å². The van der Waals surface area contributed by atoms with Gasteiger partial charge in [-0.3, -0.25) is 4.79 Å². The highest BCUT2D eigenvalue weighted by Crippen LogP contribution is 2.12. The van der Waals surface area contributed by atoms with Crippen LogP contribution in [0.15, 0.2) is 36.5 Å². The Balaban J connectivity index is 2.11. The molecule has 0 aliphatic carbocycles. The van der Waals surface area contributed by atoms with Crippen LogP contribution >= 0.6 is 0 Å². The molecule has 0 aliphatic rings. The average molecular weight is 273 g/mol. The van der Waals surface area contributed by atoms with Gasteiger partial charge in [0.15, 0.2) is 0 Å². The molecule has 0 saturated heterocycles. The SMILES string of the molecule is CC(NC(=O)C(C)(C)N)c1cn(-c2ccccc2)nn1. The summed E-state index contributed by atoms with van der Waals surface area (Å²) in [5.74, 6) is -0.223. The van der Waals surface area contributed by atoms with Crippen molar-refractivity contribution in [2.45, 2.75) is 32.4 Å². The zero-order chi connectivity index (χ0) is 14.8. The first-order valence-electron chi connectivity index (χ1n) is 6.45. The number of amides is 1. The first-order valence-corrected chi connectivity index (χ1v) is 6.45. The van der Waals surface area contributed by atoms with E-state index in [0.29, 0.717) is 5.69 Å². The minimum Gasteiger partial charge on any atom is -0.346 e. The van der Waals surface area contributed by atoms with Crippen LogP contribution in [0.2, 0.25) is 0 Å². The Bertz CT molecular complexity index is 585. The van der Waals surface area contributed by atoms with Gasteiger partial charge in [0.25, 0.3) is 0 Å². The molecule has 0 radical (unpaired) electrons. The van der Waals surface area contributed by atoms with Gasteiger partial charge >= 0.3 is 0 Å².